The van der Waals surface area contributed by atoms with Gasteiger partial charge in [0.25, 0.3) is 0 Å². The van der Waals surface area contributed by atoms with E-state index in [0.717, 1.165) is 16.9 Å². The quantitative estimate of drug-likeness (QED) is 0.559. The molecular weight excluding hydrogens is 376 g/mol. The van der Waals surface area contributed by atoms with Gasteiger partial charge in [-0.15, -0.1) is 0 Å². The Bertz CT molecular complexity index is 817. The average Bonchev–Trinajstić information content (AvgIpc) is 2.73. The van der Waals surface area contributed by atoms with Crippen LogP contribution in [0.4, 0.5) is 0 Å². The number of likely N-dealkylation sites (N-methyl/N-ethyl adjacent to an activating group) is 1. The summed E-state index contributed by atoms with van der Waals surface area (Å²) in [6, 6.07) is 15.4. The lowest BCUT2D eigenvalue weighted by atomic mass is 10.1. The van der Waals surface area contributed by atoms with Crippen LogP contribution in [-0.2, 0) is 16.1 Å². The van der Waals surface area contributed by atoms with Crippen molar-refractivity contribution in [1.82, 2.24) is 10.2 Å². The van der Waals surface area contributed by atoms with E-state index in [9.17, 15) is 9.59 Å². The Kier molecular flexibility index (Phi) is 9.39. The van der Waals surface area contributed by atoms with Gasteiger partial charge >= 0.3 is 0 Å². The molecule has 5 heteroatoms. The Morgan fingerprint density at radius 1 is 1.03 bits per heavy atom. The van der Waals surface area contributed by atoms with E-state index in [4.69, 9.17) is 4.74 Å². The van der Waals surface area contributed by atoms with Crippen LogP contribution in [0.2, 0.25) is 0 Å². The first-order chi connectivity index (χ1) is 14.5. The summed E-state index contributed by atoms with van der Waals surface area (Å²) in [5.74, 6) is 0.681. The average molecular weight is 411 g/mol. The lowest BCUT2D eigenvalue weighted by Crippen LogP contribution is -2.49. The molecule has 2 aromatic rings. The number of nitrogens with zero attached hydrogens (tertiary/aromatic N) is 1. The Morgan fingerprint density at radius 2 is 1.73 bits per heavy atom. The second kappa shape index (κ2) is 12.0. The highest BCUT2D eigenvalue weighted by molar-refractivity contribution is 5.87. The van der Waals surface area contributed by atoms with Gasteiger partial charge in [0.1, 0.15) is 11.8 Å². The molecule has 1 atom stereocenters. The predicted octanol–water partition coefficient (Wildman–Crippen LogP) is 4.41. The zero-order chi connectivity index (χ0) is 21.9. The maximum Gasteiger partial charge on any atom is 0.242 e. The number of ether oxygens (including phenoxy) is 1. The minimum absolute atomic E-state index is 0.0242. The maximum atomic E-state index is 13.1. The highest BCUT2D eigenvalue weighted by atomic mass is 16.5. The Balaban J connectivity index is 2.04. The molecule has 2 rings (SSSR count). The summed E-state index contributed by atoms with van der Waals surface area (Å²) in [6.45, 7) is 9.33. The molecule has 5 nitrogen and oxygen atoms in total. The van der Waals surface area contributed by atoms with E-state index in [2.05, 4.69) is 5.32 Å². The number of aryl methyl sites for hydroxylation is 2. The molecule has 30 heavy (non-hydrogen) atoms. The van der Waals surface area contributed by atoms with E-state index in [1.165, 1.54) is 5.56 Å². The van der Waals surface area contributed by atoms with Crippen molar-refractivity contribution in [2.24, 2.45) is 0 Å². The Labute approximate surface area is 180 Å². The smallest absolute Gasteiger partial charge is 0.242 e. The third-order valence-electron chi connectivity index (χ3n) is 5.16. The molecule has 0 bridgehead atoms. The molecule has 0 saturated carbocycles. The van der Waals surface area contributed by atoms with E-state index >= 15 is 0 Å². The molecule has 0 fully saturated rings. The summed E-state index contributed by atoms with van der Waals surface area (Å²) in [4.78, 5) is 27.4. The van der Waals surface area contributed by atoms with Crippen LogP contribution in [-0.4, -0.2) is 35.9 Å². The highest BCUT2D eigenvalue weighted by Gasteiger charge is 2.28. The van der Waals surface area contributed by atoms with Crippen molar-refractivity contribution in [3.8, 4) is 5.75 Å². The van der Waals surface area contributed by atoms with E-state index in [1.54, 1.807) is 4.90 Å². The van der Waals surface area contributed by atoms with Crippen LogP contribution < -0.4 is 10.1 Å². The molecular formula is C25H34N2O3. The van der Waals surface area contributed by atoms with Gasteiger partial charge < -0.3 is 15.0 Å². The second-order valence-corrected chi connectivity index (χ2v) is 7.53. The molecule has 2 aromatic carbocycles. The SMILES string of the molecule is CCNC(=O)[C@H](CC)N(Cc1ccccc1C)C(=O)CCCOc1ccc(C)cc1. The van der Waals surface area contributed by atoms with Gasteiger partial charge in [-0.05, 0) is 56.9 Å². The molecule has 0 saturated heterocycles. The Morgan fingerprint density at radius 3 is 2.37 bits per heavy atom. The first-order valence-electron chi connectivity index (χ1n) is 10.8. The van der Waals surface area contributed by atoms with E-state index < -0.39 is 6.04 Å². The fraction of sp³-hybridized carbons (Fsp3) is 0.440. The number of nitrogens with one attached hydrogen (secondary N) is 1. The van der Waals surface area contributed by atoms with Crippen LogP contribution in [0, 0.1) is 13.8 Å². The largest absolute Gasteiger partial charge is 0.494 e. The summed E-state index contributed by atoms with van der Waals surface area (Å²) in [6.07, 6.45) is 1.51. The third kappa shape index (κ3) is 6.90. The predicted molar refractivity (Wildman–Crippen MR) is 120 cm³/mol. The molecule has 0 aliphatic rings. The van der Waals surface area contributed by atoms with Gasteiger partial charge in [0, 0.05) is 19.5 Å². The van der Waals surface area contributed by atoms with Crippen molar-refractivity contribution < 1.29 is 14.3 Å². The van der Waals surface area contributed by atoms with Crippen LogP contribution in [0.1, 0.15) is 49.8 Å². The summed E-state index contributed by atoms with van der Waals surface area (Å²) >= 11 is 0. The molecule has 0 aliphatic carbocycles. The number of amides is 2. The summed E-state index contributed by atoms with van der Waals surface area (Å²) in [5.41, 5.74) is 3.36. The molecule has 0 heterocycles. The van der Waals surface area contributed by atoms with E-state index in [0.29, 0.717) is 39.0 Å². The first-order valence-corrected chi connectivity index (χ1v) is 10.8. The number of carbonyl (C=O) groups is 2. The van der Waals surface area contributed by atoms with Gasteiger partial charge in [-0.2, -0.15) is 0 Å². The first kappa shape index (κ1) is 23.5. The monoisotopic (exact) mass is 410 g/mol. The molecule has 1 N–H and O–H groups in total. The lowest BCUT2D eigenvalue weighted by Gasteiger charge is -2.31. The topological polar surface area (TPSA) is 58.6 Å². The van der Waals surface area contributed by atoms with E-state index in [-0.39, 0.29) is 11.8 Å². The van der Waals surface area contributed by atoms with Gasteiger partial charge in [0.15, 0.2) is 0 Å². The molecule has 0 spiro atoms. The third-order valence-corrected chi connectivity index (χ3v) is 5.16. The van der Waals surface area contributed by atoms with Gasteiger partial charge in [-0.1, -0.05) is 48.9 Å². The van der Waals surface area contributed by atoms with Crippen molar-refractivity contribution in [2.45, 2.75) is 59.5 Å². The van der Waals surface area contributed by atoms with Gasteiger partial charge in [0.05, 0.1) is 6.61 Å². The van der Waals surface area contributed by atoms with E-state index in [1.807, 2.05) is 76.2 Å². The zero-order valence-electron chi connectivity index (χ0n) is 18.6. The number of benzene rings is 2. The summed E-state index contributed by atoms with van der Waals surface area (Å²) in [5, 5.41) is 2.87. The number of hydrogen-bond donors (Lipinski definition) is 1. The molecule has 0 radical (unpaired) electrons. The van der Waals surface area contributed by atoms with Crippen molar-refractivity contribution >= 4 is 11.8 Å². The van der Waals surface area contributed by atoms with Crippen LogP contribution in [0.3, 0.4) is 0 Å². The van der Waals surface area contributed by atoms with Gasteiger partial charge in [-0.25, -0.2) is 0 Å². The van der Waals surface area contributed by atoms with Crippen LogP contribution >= 0.6 is 0 Å². The fourth-order valence-corrected chi connectivity index (χ4v) is 3.37. The maximum absolute atomic E-state index is 13.1. The number of carbonyl (C=O) groups excluding carboxylic acids is 2. The van der Waals surface area contributed by atoms with Crippen molar-refractivity contribution in [1.29, 1.82) is 0 Å². The minimum Gasteiger partial charge on any atom is -0.494 e. The summed E-state index contributed by atoms with van der Waals surface area (Å²) < 4.78 is 5.75. The molecule has 2 amide bonds. The molecule has 162 valence electrons. The van der Waals surface area contributed by atoms with Crippen molar-refractivity contribution in [2.75, 3.05) is 13.2 Å². The van der Waals surface area contributed by atoms with Gasteiger partial charge in [-0.3, -0.25) is 9.59 Å². The van der Waals surface area contributed by atoms with Crippen LogP contribution in [0.15, 0.2) is 48.5 Å². The van der Waals surface area contributed by atoms with Crippen LogP contribution in [0.5, 0.6) is 5.75 Å². The minimum atomic E-state index is -0.477. The van der Waals surface area contributed by atoms with Gasteiger partial charge in [0.2, 0.25) is 11.8 Å². The molecule has 0 aliphatic heterocycles. The van der Waals surface area contributed by atoms with Crippen molar-refractivity contribution in [3.05, 3.63) is 65.2 Å². The van der Waals surface area contributed by atoms with Crippen LogP contribution in [0.25, 0.3) is 0 Å². The molecule has 0 unspecified atom stereocenters. The summed E-state index contributed by atoms with van der Waals surface area (Å²) in [7, 11) is 0. The highest BCUT2D eigenvalue weighted by Crippen LogP contribution is 2.17. The standard InChI is InChI=1S/C25H34N2O3/c1-5-23(25(29)26-6-2)27(18-21-11-8-7-10-20(21)4)24(28)12-9-17-30-22-15-13-19(3)14-16-22/h7-8,10-11,13-16,23H,5-6,9,12,17-18H2,1-4H3,(H,26,29)/t23-/m0/s1. The number of hydrogen-bond acceptors (Lipinski definition) is 3. The number of rotatable bonds is 11. The molecule has 0 aromatic heterocycles. The van der Waals surface area contributed by atoms with Crippen molar-refractivity contribution in [3.63, 3.8) is 0 Å². The normalized spacial score (nSPS) is 11.6. The Hall–Kier alpha value is -2.82. The zero-order valence-corrected chi connectivity index (χ0v) is 18.6. The fourth-order valence-electron chi connectivity index (χ4n) is 3.37. The second-order valence-electron chi connectivity index (χ2n) is 7.53. The lowest BCUT2D eigenvalue weighted by molar-refractivity contribution is -0.141.